The molecule has 0 saturated heterocycles. The summed E-state index contributed by atoms with van der Waals surface area (Å²) in [5, 5.41) is 0. The average Bonchev–Trinajstić information content (AvgIpc) is 2.69. The van der Waals surface area contributed by atoms with Gasteiger partial charge in [-0.1, -0.05) is 30.3 Å². The first kappa shape index (κ1) is 10.9. The summed E-state index contributed by atoms with van der Waals surface area (Å²) in [5.41, 5.74) is 7.71. The van der Waals surface area contributed by atoms with Crippen LogP contribution in [0.5, 0.6) is 0 Å². The molecule has 0 aliphatic carbocycles. The summed E-state index contributed by atoms with van der Waals surface area (Å²) in [6.07, 6.45) is 3.09. The number of imidazole rings is 1. The molecule has 0 aliphatic rings. The molecule has 0 saturated carbocycles. The number of nitrogens with two attached hydrogens (primary N) is 1. The van der Waals surface area contributed by atoms with Crippen molar-refractivity contribution in [3.63, 3.8) is 0 Å². The van der Waals surface area contributed by atoms with Crippen LogP contribution in [0.4, 0.5) is 0 Å². The lowest BCUT2D eigenvalue weighted by atomic mass is 10.2. The Morgan fingerprint density at radius 2 is 2.00 bits per heavy atom. The minimum Gasteiger partial charge on any atom is -0.334 e. The first-order valence-electron chi connectivity index (χ1n) is 5.60. The molecule has 0 amide bonds. The summed E-state index contributed by atoms with van der Waals surface area (Å²) in [5.74, 6) is 1.05. The van der Waals surface area contributed by atoms with Crippen molar-refractivity contribution >= 4 is 0 Å². The highest BCUT2D eigenvalue weighted by Gasteiger charge is 2.04. The van der Waals surface area contributed by atoms with Gasteiger partial charge in [0.2, 0.25) is 0 Å². The second-order valence-electron chi connectivity index (χ2n) is 3.88. The summed E-state index contributed by atoms with van der Waals surface area (Å²) in [7, 11) is 0. The Kier molecular flexibility index (Phi) is 3.37. The molecular weight excluding hydrogens is 198 g/mol. The molecule has 0 fully saturated rings. The second kappa shape index (κ2) is 4.94. The van der Waals surface area contributed by atoms with Crippen LogP contribution in [-0.2, 0) is 6.54 Å². The molecule has 0 spiro atoms. The van der Waals surface area contributed by atoms with Crippen LogP contribution in [-0.4, -0.2) is 16.1 Å². The van der Waals surface area contributed by atoms with Gasteiger partial charge in [0, 0.05) is 18.3 Å². The number of benzene rings is 1. The second-order valence-corrected chi connectivity index (χ2v) is 3.88. The van der Waals surface area contributed by atoms with Gasteiger partial charge in [0.15, 0.2) is 0 Å². The molecule has 0 aliphatic heterocycles. The van der Waals surface area contributed by atoms with Crippen LogP contribution in [0, 0.1) is 6.92 Å². The van der Waals surface area contributed by atoms with Gasteiger partial charge in [0.05, 0.1) is 5.69 Å². The van der Waals surface area contributed by atoms with Crippen LogP contribution in [0.2, 0.25) is 0 Å². The highest BCUT2D eigenvalue weighted by Crippen LogP contribution is 2.17. The van der Waals surface area contributed by atoms with Gasteiger partial charge in [0.25, 0.3) is 0 Å². The predicted octanol–water partition coefficient (Wildman–Crippen LogP) is 2.21. The normalized spacial score (nSPS) is 10.6. The van der Waals surface area contributed by atoms with Crippen LogP contribution in [0.3, 0.4) is 0 Å². The number of hydrogen-bond donors (Lipinski definition) is 1. The van der Waals surface area contributed by atoms with Gasteiger partial charge in [0.1, 0.15) is 5.82 Å². The number of aryl methyl sites for hydroxylation is 2. The number of nitrogens with zero attached hydrogens (tertiary/aromatic N) is 2. The van der Waals surface area contributed by atoms with Crippen LogP contribution >= 0.6 is 0 Å². The molecule has 1 heterocycles. The van der Waals surface area contributed by atoms with Crippen LogP contribution in [0.15, 0.2) is 36.5 Å². The van der Waals surface area contributed by atoms with Gasteiger partial charge < -0.3 is 10.3 Å². The molecule has 16 heavy (non-hydrogen) atoms. The monoisotopic (exact) mass is 215 g/mol. The highest BCUT2D eigenvalue weighted by atomic mass is 15.1. The summed E-state index contributed by atoms with van der Waals surface area (Å²) in [4.78, 5) is 4.56. The Morgan fingerprint density at radius 1 is 1.25 bits per heavy atom. The lowest BCUT2D eigenvalue weighted by Gasteiger charge is -2.01. The van der Waals surface area contributed by atoms with E-state index in [1.54, 1.807) is 0 Å². The summed E-state index contributed by atoms with van der Waals surface area (Å²) in [6, 6.07) is 10.2. The first-order chi connectivity index (χ1) is 7.81. The van der Waals surface area contributed by atoms with Gasteiger partial charge in [-0.05, 0) is 19.9 Å². The minimum absolute atomic E-state index is 0.721. The first-order valence-corrected chi connectivity index (χ1v) is 5.60. The zero-order chi connectivity index (χ0) is 11.4. The van der Waals surface area contributed by atoms with Crippen LogP contribution in [0.1, 0.15) is 12.2 Å². The zero-order valence-corrected chi connectivity index (χ0v) is 9.56. The minimum atomic E-state index is 0.721. The third-order valence-corrected chi connectivity index (χ3v) is 2.65. The van der Waals surface area contributed by atoms with Crippen LogP contribution < -0.4 is 5.73 Å². The lowest BCUT2D eigenvalue weighted by Crippen LogP contribution is -2.06. The van der Waals surface area contributed by atoms with Gasteiger partial charge in [-0.3, -0.25) is 0 Å². The Morgan fingerprint density at radius 3 is 2.69 bits per heavy atom. The molecule has 84 valence electrons. The van der Waals surface area contributed by atoms with Crippen molar-refractivity contribution in [2.75, 3.05) is 6.54 Å². The lowest BCUT2D eigenvalue weighted by molar-refractivity contribution is 0.633. The number of aromatic nitrogens is 2. The molecule has 1 aromatic heterocycles. The molecule has 0 bridgehead atoms. The maximum Gasteiger partial charge on any atom is 0.106 e. The molecule has 2 N–H and O–H groups in total. The van der Waals surface area contributed by atoms with E-state index in [-0.39, 0.29) is 0 Å². The van der Waals surface area contributed by atoms with Gasteiger partial charge in [-0.15, -0.1) is 0 Å². The van der Waals surface area contributed by atoms with E-state index in [9.17, 15) is 0 Å². The summed E-state index contributed by atoms with van der Waals surface area (Å²) >= 11 is 0. The summed E-state index contributed by atoms with van der Waals surface area (Å²) in [6.45, 7) is 3.70. The van der Waals surface area contributed by atoms with Crippen molar-refractivity contribution in [2.45, 2.75) is 19.9 Å². The van der Waals surface area contributed by atoms with E-state index < -0.39 is 0 Å². The van der Waals surface area contributed by atoms with E-state index in [0.29, 0.717) is 0 Å². The quantitative estimate of drug-likeness (QED) is 0.849. The van der Waals surface area contributed by atoms with E-state index in [1.165, 1.54) is 0 Å². The molecule has 2 rings (SSSR count). The van der Waals surface area contributed by atoms with E-state index in [4.69, 9.17) is 5.73 Å². The molecular formula is C13H17N3. The van der Waals surface area contributed by atoms with Crippen molar-refractivity contribution in [3.05, 3.63) is 42.4 Å². The molecule has 1 aromatic carbocycles. The van der Waals surface area contributed by atoms with E-state index >= 15 is 0 Å². The maximum atomic E-state index is 5.51. The average molecular weight is 215 g/mol. The van der Waals surface area contributed by atoms with Crippen molar-refractivity contribution in [2.24, 2.45) is 5.73 Å². The summed E-state index contributed by atoms with van der Waals surface area (Å²) < 4.78 is 2.16. The van der Waals surface area contributed by atoms with Gasteiger partial charge in [-0.2, -0.15) is 0 Å². The van der Waals surface area contributed by atoms with E-state index in [1.807, 2.05) is 25.1 Å². The van der Waals surface area contributed by atoms with Gasteiger partial charge in [-0.25, -0.2) is 4.98 Å². The van der Waals surface area contributed by atoms with Crippen molar-refractivity contribution < 1.29 is 0 Å². The number of hydrogen-bond acceptors (Lipinski definition) is 2. The van der Waals surface area contributed by atoms with Gasteiger partial charge >= 0.3 is 0 Å². The number of rotatable bonds is 4. The smallest absolute Gasteiger partial charge is 0.106 e. The predicted molar refractivity (Wildman–Crippen MR) is 66.1 cm³/mol. The molecule has 3 nitrogen and oxygen atoms in total. The van der Waals surface area contributed by atoms with Crippen molar-refractivity contribution in [1.29, 1.82) is 0 Å². The Bertz CT molecular complexity index is 445. The third-order valence-electron chi connectivity index (χ3n) is 2.65. The Balaban J connectivity index is 2.24. The SMILES string of the molecule is Cc1nc(-c2ccccc2)cn1CCCN. The van der Waals surface area contributed by atoms with Crippen molar-refractivity contribution in [3.8, 4) is 11.3 Å². The van der Waals surface area contributed by atoms with Crippen LogP contribution in [0.25, 0.3) is 11.3 Å². The molecule has 2 aromatic rings. The standard InChI is InChI=1S/C13H17N3/c1-11-15-13(10-16(11)9-5-8-14)12-6-3-2-4-7-12/h2-4,6-7,10H,5,8-9,14H2,1H3. The largest absolute Gasteiger partial charge is 0.334 e. The van der Waals surface area contributed by atoms with Crippen molar-refractivity contribution in [1.82, 2.24) is 9.55 Å². The molecule has 3 heteroatoms. The van der Waals surface area contributed by atoms with E-state index in [2.05, 4.69) is 27.9 Å². The third kappa shape index (κ3) is 2.31. The fourth-order valence-corrected chi connectivity index (χ4v) is 1.74. The molecule has 0 radical (unpaired) electrons. The molecule has 0 unspecified atom stereocenters. The Labute approximate surface area is 95.9 Å². The fourth-order valence-electron chi connectivity index (χ4n) is 1.74. The maximum absolute atomic E-state index is 5.51. The zero-order valence-electron chi connectivity index (χ0n) is 9.56. The molecule has 0 atom stereocenters. The highest BCUT2D eigenvalue weighted by molar-refractivity contribution is 5.58. The topological polar surface area (TPSA) is 43.8 Å². The fraction of sp³-hybridized carbons (Fsp3) is 0.308. The van der Waals surface area contributed by atoms with E-state index in [0.717, 1.165) is 36.6 Å². The Hall–Kier alpha value is -1.61.